The van der Waals surface area contributed by atoms with Gasteiger partial charge < -0.3 is 15.2 Å². The molecule has 0 aliphatic rings. The van der Waals surface area contributed by atoms with Crippen LogP contribution >= 0.6 is 0 Å². The normalized spacial score (nSPS) is 12.5. The molecular formula is C20H22F3NO3. The highest BCUT2D eigenvalue weighted by Gasteiger charge is 2.30. The molecule has 0 radical (unpaired) electrons. The number of benzene rings is 2. The molecule has 0 saturated heterocycles. The highest BCUT2D eigenvalue weighted by molar-refractivity contribution is 5.76. The highest BCUT2D eigenvalue weighted by Crippen LogP contribution is 2.31. The summed E-state index contributed by atoms with van der Waals surface area (Å²) in [5, 5.41) is 12.4. The van der Waals surface area contributed by atoms with Crippen molar-refractivity contribution in [2.75, 3.05) is 13.2 Å². The van der Waals surface area contributed by atoms with Crippen molar-refractivity contribution in [3.05, 3.63) is 65.2 Å². The van der Waals surface area contributed by atoms with Gasteiger partial charge >= 0.3 is 6.18 Å². The van der Waals surface area contributed by atoms with E-state index in [4.69, 9.17) is 4.74 Å². The molecule has 27 heavy (non-hydrogen) atoms. The van der Waals surface area contributed by atoms with Gasteiger partial charge in [0.1, 0.15) is 18.5 Å². The Hall–Kier alpha value is -2.54. The summed E-state index contributed by atoms with van der Waals surface area (Å²) in [6.45, 7) is 1.73. The van der Waals surface area contributed by atoms with Gasteiger partial charge in [-0.2, -0.15) is 13.2 Å². The average molecular weight is 381 g/mol. The van der Waals surface area contributed by atoms with Crippen molar-refractivity contribution in [1.82, 2.24) is 5.32 Å². The molecule has 0 fully saturated rings. The summed E-state index contributed by atoms with van der Waals surface area (Å²) in [5.41, 5.74) is 1.37. The number of halogens is 3. The van der Waals surface area contributed by atoms with Crippen LogP contribution in [-0.4, -0.2) is 30.3 Å². The van der Waals surface area contributed by atoms with Crippen molar-refractivity contribution in [3.8, 4) is 5.75 Å². The second kappa shape index (κ2) is 9.41. The molecule has 2 aromatic rings. The molecule has 0 aliphatic heterocycles. The summed E-state index contributed by atoms with van der Waals surface area (Å²) in [5.74, 6) is -0.205. The van der Waals surface area contributed by atoms with E-state index in [0.717, 1.165) is 23.3 Å². The molecule has 2 aromatic carbocycles. The predicted molar refractivity (Wildman–Crippen MR) is 95.5 cm³/mol. The molecule has 0 saturated carbocycles. The molecular weight excluding hydrogens is 359 g/mol. The van der Waals surface area contributed by atoms with Crippen LogP contribution in [0.2, 0.25) is 0 Å². The molecule has 4 nitrogen and oxygen atoms in total. The third kappa shape index (κ3) is 7.30. The number of nitrogens with one attached hydrogen (secondary N) is 1. The average Bonchev–Trinajstić information content (AvgIpc) is 2.64. The predicted octanol–water partition coefficient (Wildman–Crippen LogP) is 3.50. The standard InChI is InChI=1S/C20H22F3NO3/c1-14-5-7-15(8-6-14)9-10-19(26)24-12-17(25)13-27-18-4-2-3-16(11-18)20(21,22)23/h2-8,11,17,25H,9-10,12-13H2,1H3,(H,24,26). The van der Waals surface area contributed by atoms with Gasteiger partial charge in [-0.05, 0) is 37.1 Å². The first-order chi connectivity index (χ1) is 12.7. The van der Waals surface area contributed by atoms with E-state index in [1.54, 1.807) is 0 Å². The Balaban J connectivity index is 1.70. The molecule has 1 unspecified atom stereocenters. The number of aliphatic hydroxyl groups is 1. The van der Waals surface area contributed by atoms with Crippen LogP contribution in [0, 0.1) is 6.92 Å². The Morgan fingerprint density at radius 2 is 1.89 bits per heavy atom. The molecule has 0 bridgehead atoms. The molecule has 0 spiro atoms. The van der Waals surface area contributed by atoms with Crippen LogP contribution in [0.3, 0.4) is 0 Å². The number of hydrogen-bond donors (Lipinski definition) is 2. The van der Waals surface area contributed by atoms with Crippen molar-refractivity contribution in [1.29, 1.82) is 0 Å². The van der Waals surface area contributed by atoms with Crippen molar-refractivity contribution in [2.45, 2.75) is 32.0 Å². The van der Waals surface area contributed by atoms with Gasteiger partial charge in [-0.15, -0.1) is 0 Å². The monoisotopic (exact) mass is 381 g/mol. The van der Waals surface area contributed by atoms with Gasteiger partial charge in [0.15, 0.2) is 0 Å². The van der Waals surface area contributed by atoms with Crippen LogP contribution in [0.15, 0.2) is 48.5 Å². The first-order valence-corrected chi connectivity index (χ1v) is 8.54. The summed E-state index contributed by atoms with van der Waals surface area (Å²) in [6, 6.07) is 12.3. The summed E-state index contributed by atoms with van der Waals surface area (Å²) in [6.07, 6.45) is -4.61. The quantitative estimate of drug-likeness (QED) is 0.736. The van der Waals surface area contributed by atoms with Crippen LogP contribution in [0.25, 0.3) is 0 Å². The third-order valence-corrected chi connectivity index (χ3v) is 3.90. The van der Waals surface area contributed by atoms with E-state index < -0.39 is 17.8 Å². The number of aryl methyl sites for hydroxylation is 2. The summed E-state index contributed by atoms with van der Waals surface area (Å²) >= 11 is 0. The third-order valence-electron chi connectivity index (χ3n) is 3.90. The number of carbonyl (C=O) groups excluding carboxylic acids is 1. The highest BCUT2D eigenvalue weighted by atomic mass is 19.4. The van der Waals surface area contributed by atoms with Crippen LogP contribution in [0.1, 0.15) is 23.1 Å². The zero-order valence-electron chi connectivity index (χ0n) is 14.9. The molecule has 0 aromatic heterocycles. The number of aliphatic hydroxyl groups excluding tert-OH is 1. The minimum Gasteiger partial charge on any atom is -0.491 e. The largest absolute Gasteiger partial charge is 0.491 e. The molecule has 0 aliphatic carbocycles. The van der Waals surface area contributed by atoms with E-state index in [1.165, 1.54) is 12.1 Å². The van der Waals surface area contributed by atoms with Gasteiger partial charge in [-0.25, -0.2) is 0 Å². The van der Waals surface area contributed by atoms with Gasteiger partial charge in [-0.1, -0.05) is 35.9 Å². The number of hydrogen-bond acceptors (Lipinski definition) is 3. The maximum Gasteiger partial charge on any atom is 0.416 e. The van der Waals surface area contributed by atoms with E-state index in [1.807, 2.05) is 31.2 Å². The molecule has 1 atom stereocenters. The Morgan fingerprint density at radius 3 is 2.56 bits per heavy atom. The molecule has 1 amide bonds. The second-order valence-electron chi connectivity index (χ2n) is 6.28. The van der Waals surface area contributed by atoms with E-state index in [9.17, 15) is 23.1 Å². The summed E-state index contributed by atoms with van der Waals surface area (Å²) < 4.78 is 43.1. The van der Waals surface area contributed by atoms with E-state index in [2.05, 4.69) is 5.32 Å². The smallest absolute Gasteiger partial charge is 0.416 e. The molecule has 146 valence electrons. The van der Waals surface area contributed by atoms with E-state index in [0.29, 0.717) is 6.42 Å². The van der Waals surface area contributed by atoms with Crippen LogP contribution in [0.5, 0.6) is 5.75 Å². The van der Waals surface area contributed by atoms with Gasteiger partial charge in [0, 0.05) is 13.0 Å². The van der Waals surface area contributed by atoms with Gasteiger partial charge in [0.2, 0.25) is 5.91 Å². The van der Waals surface area contributed by atoms with Gasteiger partial charge in [0.25, 0.3) is 0 Å². The minimum atomic E-state index is -4.45. The van der Waals surface area contributed by atoms with E-state index >= 15 is 0 Å². The lowest BCUT2D eigenvalue weighted by Crippen LogP contribution is -2.35. The topological polar surface area (TPSA) is 58.6 Å². The first kappa shape index (κ1) is 20.8. The van der Waals surface area contributed by atoms with Crippen LogP contribution < -0.4 is 10.1 Å². The molecule has 7 heteroatoms. The van der Waals surface area contributed by atoms with Crippen molar-refractivity contribution < 1.29 is 27.8 Å². The van der Waals surface area contributed by atoms with E-state index in [-0.39, 0.29) is 31.2 Å². The Bertz CT molecular complexity index is 745. The zero-order valence-corrected chi connectivity index (χ0v) is 14.9. The minimum absolute atomic E-state index is 0.00886. The number of alkyl halides is 3. The Morgan fingerprint density at radius 1 is 1.19 bits per heavy atom. The number of carbonyl (C=O) groups is 1. The van der Waals surface area contributed by atoms with Gasteiger partial charge in [0.05, 0.1) is 5.56 Å². The fourth-order valence-electron chi connectivity index (χ4n) is 2.35. The lowest BCUT2D eigenvalue weighted by atomic mass is 10.1. The second-order valence-corrected chi connectivity index (χ2v) is 6.28. The number of rotatable bonds is 8. The SMILES string of the molecule is Cc1ccc(CCC(=O)NCC(O)COc2cccc(C(F)(F)F)c2)cc1. The first-order valence-electron chi connectivity index (χ1n) is 8.54. The molecule has 2 rings (SSSR count). The lowest BCUT2D eigenvalue weighted by molar-refractivity contribution is -0.137. The lowest BCUT2D eigenvalue weighted by Gasteiger charge is -2.14. The van der Waals surface area contributed by atoms with Crippen molar-refractivity contribution >= 4 is 5.91 Å². The molecule has 2 N–H and O–H groups in total. The van der Waals surface area contributed by atoms with Crippen molar-refractivity contribution in [3.63, 3.8) is 0 Å². The maximum atomic E-state index is 12.6. The van der Waals surface area contributed by atoms with Gasteiger partial charge in [-0.3, -0.25) is 4.79 Å². The van der Waals surface area contributed by atoms with Crippen LogP contribution in [0.4, 0.5) is 13.2 Å². The number of ether oxygens (including phenoxy) is 1. The Kier molecular flexibility index (Phi) is 7.24. The maximum absolute atomic E-state index is 12.6. The molecule has 0 heterocycles. The van der Waals surface area contributed by atoms with Crippen LogP contribution in [-0.2, 0) is 17.4 Å². The fourth-order valence-corrected chi connectivity index (χ4v) is 2.35. The summed E-state index contributed by atoms with van der Waals surface area (Å²) in [4.78, 5) is 11.8. The fraction of sp³-hybridized carbons (Fsp3) is 0.350. The summed E-state index contributed by atoms with van der Waals surface area (Å²) in [7, 11) is 0. The Labute approximate surface area is 156 Å². The zero-order chi connectivity index (χ0) is 19.9. The number of amides is 1. The van der Waals surface area contributed by atoms with Crippen molar-refractivity contribution in [2.24, 2.45) is 0 Å².